The number of aromatic nitrogens is 4. The molecule has 0 aliphatic heterocycles. The standard InChI is InChI=1S/C19H14ClN5O2/c1-12-5-7-15(8-6-12)25-17-16(10-22-25)19(27)24(11-21-17)23-18(26)13-3-2-4-14(20)9-13/h2-11H,1H3,(H,23,26). The van der Waals surface area contributed by atoms with Gasteiger partial charge in [-0.2, -0.15) is 5.10 Å². The Balaban J connectivity index is 1.70. The van der Waals surface area contributed by atoms with Crippen LogP contribution in [0.1, 0.15) is 15.9 Å². The number of halogens is 1. The van der Waals surface area contributed by atoms with Crippen molar-refractivity contribution in [1.82, 2.24) is 19.4 Å². The summed E-state index contributed by atoms with van der Waals surface area (Å²) in [4.78, 5) is 29.3. The summed E-state index contributed by atoms with van der Waals surface area (Å²) in [6.07, 6.45) is 2.70. The van der Waals surface area contributed by atoms with E-state index in [9.17, 15) is 9.59 Å². The zero-order valence-corrected chi connectivity index (χ0v) is 15.0. The summed E-state index contributed by atoms with van der Waals surface area (Å²) >= 11 is 5.90. The van der Waals surface area contributed by atoms with E-state index in [1.165, 1.54) is 18.6 Å². The Bertz CT molecular complexity index is 1210. The van der Waals surface area contributed by atoms with E-state index in [2.05, 4.69) is 15.5 Å². The quantitative estimate of drug-likeness (QED) is 0.593. The molecule has 1 amide bonds. The molecule has 0 aliphatic rings. The summed E-state index contributed by atoms with van der Waals surface area (Å²) in [5, 5.41) is 4.99. The van der Waals surface area contributed by atoms with Gasteiger partial charge in [0.25, 0.3) is 11.5 Å². The maximum Gasteiger partial charge on any atom is 0.283 e. The van der Waals surface area contributed by atoms with Crippen LogP contribution in [0.3, 0.4) is 0 Å². The highest BCUT2D eigenvalue weighted by Gasteiger charge is 2.13. The molecule has 2 aromatic heterocycles. The smallest absolute Gasteiger partial charge is 0.267 e. The van der Waals surface area contributed by atoms with Crippen molar-refractivity contribution in [3.05, 3.63) is 87.6 Å². The maximum atomic E-state index is 12.7. The highest BCUT2D eigenvalue weighted by molar-refractivity contribution is 6.31. The second-order valence-electron chi connectivity index (χ2n) is 6.00. The fourth-order valence-corrected chi connectivity index (χ4v) is 2.86. The van der Waals surface area contributed by atoms with Crippen LogP contribution in [0.15, 0.2) is 65.8 Å². The van der Waals surface area contributed by atoms with Crippen LogP contribution in [0, 0.1) is 6.92 Å². The van der Waals surface area contributed by atoms with Crippen LogP contribution in [0.5, 0.6) is 0 Å². The fourth-order valence-electron chi connectivity index (χ4n) is 2.67. The third-order valence-electron chi connectivity index (χ3n) is 4.08. The van der Waals surface area contributed by atoms with Crippen molar-refractivity contribution < 1.29 is 4.79 Å². The second kappa shape index (κ2) is 6.69. The molecule has 0 unspecified atom stereocenters. The predicted octanol–water partition coefficient (Wildman–Crippen LogP) is 2.93. The van der Waals surface area contributed by atoms with Crippen LogP contribution in [0.2, 0.25) is 5.02 Å². The molecule has 4 rings (SSSR count). The molecule has 0 fully saturated rings. The number of nitrogens with zero attached hydrogens (tertiary/aromatic N) is 4. The largest absolute Gasteiger partial charge is 0.283 e. The summed E-state index contributed by atoms with van der Waals surface area (Å²) in [6.45, 7) is 1.99. The third kappa shape index (κ3) is 3.20. The van der Waals surface area contributed by atoms with Gasteiger partial charge < -0.3 is 0 Å². The number of carbonyl (C=O) groups is 1. The lowest BCUT2D eigenvalue weighted by Gasteiger charge is -2.08. The first-order chi connectivity index (χ1) is 13.0. The number of hydrogen-bond donors (Lipinski definition) is 1. The van der Waals surface area contributed by atoms with Crippen LogP contribution >= 0.6 is 11.6 Å². The molecule has 8 heteroatoms. The molecule has 0 radical (unpaired) electrons. The van der Waals surface area contributed by atoms with Crippen LogP contribution in [0.25, 0.3) is 16.7 Å². The van der Waals surface area contributed by atoms with E-state index in [4.69, 9.17) is 11.6 Å². The van der Waals surface area contributed by atoms with Gasteiger partial charge in [0.2, 0.25) is 0 Å². The Labute approximate surface area is 158 Å². The molecule has 0 saturated carbocycles. The first-order valence-electron chi connectivity index (χ1n) is 8.12. The van der Waals surface area contributed by atoms with E-state index in [0.29, 0.717) is 21.6 Å². The fraction of sp³-hybridized carbons (Fsp3) is 0.0526. The van der Waals surface area contributed by atoms with Crippen molar-refractivity contribution in [3.8, 4) is 5.69 Å². The molecular formula is C19H14ClN5O2. The normalized spacial score (nSPS) is 10.9. The number of nitrogens with one attached hydrogen (secondary N) is 1. The van der Waals surface area contributed by atoms with Crippen molar-refractivity contribution in [2.45, 2.75) is 6.92 Å². The van der Waals surface area contributed by atoms with Gasteiger partial charge in [0, 0.05) is 10.6 Å². The highest BCUT2D eigenvalue weighted by atomic mass is 35.5. The molecule has 134 valence electrons. The number of carbonyl (C=O) groups excluding carboxylic acids is 1. The van der Waals surface area contributed by atoms with Gasteiger partial charge in [-0.1, -0.05) is 35.4 Å². The maximum absolute atomic E-state index is 12.7. The molecule has 27 heavy (non-hydrogen) atoms. The minimum absolute atomic E-state index is 0.296. The van der Waals surface area contributed by atoms with Crippen molar-refractivity contribution in [3.63, 3.8) is 0 Å². The molecular weight excluding hydrogens is 366 g/mol. The molecule has 0 atom stereocenters. The van der Waals surface area contributed by atoms with Gasteiger partial charge in [-0.25, -0.2) is 14.3 Å². The second-order valence-corrected chi connectivity index (χ2v) is 6.44. The molecule has 4 aromatic rings. The van der Waals surface area contributed by atoms with E-state index in [-0.39, 0.29) is 0 Å². The minimum Gasteiger partial charge on any atom is -0.267 e. The summed E-state index contributed by atoms with van der Waals surface area (Å²) in [5.74, 6) is -0.466. The van der Waals surface area contributed by atoms with Crippen molar-refractivity contribution in [2.75, 3.05) is 5.43 Å². The molecule has 0 bridgehead atoms. The average Bonchev–Trinajstić information content (AvgIpc) is 3.09. The number of hydrogen-bond acceptors (Lipinski definition) is 4. The molecule has 2 heterocycles. The zero-order chi connectivity index (χ0) is 19.0. The Morgan fingerprint density at radius 1 is 1.15 bits per heavy atom. The Kier molecular flexibility index (Phi) is 4.21. The molecule has 1 N–H and O–H groups in total. The SMILES string of the molecule is Cc1ccc(-n2ncc3c(=O)n(NC(=O)c4cccc(Cl)c4)cnc32)cc1. The lowest BCUT2D eigenvalue weighted by molar-refractivity contribution is 0.101. The first kappa shape index (κ1) is 17.0. The van der Waals surface area contributed by atoms with Crippen LogP contribution in [-0.4, -0.2) is 25.3 Å². The minimum atomic E-state index is -0.466. The lowest BCUT2D eigenvalue weighted by atomic mass is 10.2. The number of aryl methyl sites for hydroxylation is 1. The van der Waals surface area contributed by atoms with Gasteiger partial charge in [-0.15, -0.1) is 0 Å². The predicted molar refractivity (Wildman–Crippen MR) is 103 cm³/mol. The lowest BCUT2D eigenvalue weighted by Crippen LogP contribution is -2.33. The summed E-state index contributed by atoms with van der Waals surface area (Å²) in [5.41, 5.74) is 4.75. The highest BCUT2D eigenvalue weighted by Crippen LogP contribution is 2.14. The van der Waals surface area contributed by atoms with Crippen LogP contribution < -0.4 is 11.0 Å². The molecule has 0 saturated heterocycles. The number of benzene rings is 2. The van der Waals surface area contributed by atoms with Gasteiger partial charge in [-0.05, 0) is 37.3 Å². The Hall–Kier alpha value is -3.45. The van der Waals surface area contributed by atoms with Crippen molar-refractivity contribution in [2.24, 2.45) is 0 Å². The molecule has 2 aromatic carbocycles. The molecule has 0 spiro atoms. The van der Waals surface area contributed by atoms with Crippen molar-refractivity contribution in [1.29, 1.82) is 0 Å². The first-order valence-corrected chi connectivity index (χ1v) is 8.50. The van der Waals surface area contributed by atoms with Crippen molar-refractivity contribution >= 4 is 28.5 Å². The van der Waals surface area contributed by atoms with E-state index in [0.717, 1.165) is 15.9 Å². The number of fused-ring (bicyclic) bond motifs is 1. The number of rotatable bonds is 3. The number of amides is 1. The zero-order valence-electron chi connectivity index (χ0n) is 14.3. The van der Waals surface area contributed by atoms with Crippen LogP contribution in [0.4, 0.5) is 0 Å². The van der Waals surface area contributed by atoms with Crippen LogP contribution in [-0.2, 0) is 0 Å². The summed E-state index contributed by atoms with van der Waals surface area (Å²) in [7, 11) is 0. The topological polar surface area (TPSA) is 81.8 Å². The Morgan fingerprint density at radius 2 is 1.93 bits per heavy atom. The van der Waals surface area contributed by atoms with Gasteiger partial charge >= 0.3 is 0 Å². The summed E-state index contributed by atoms with van der Waals surface area (Å²) < 4.78 is 2.62. The van der Waals surface area contributed by atoms with E-state index < -0.39 is 11.5 Å². The monoisotopic (exact) mass is 379 g/mol. The van der Waals surface area contributed by atoms with E-state index in [1.807, 2.05) is 31.2 Å². The van der Waals surface area contributed by atoms with Gasteiger partial charge in [0.15, 0.2) is 5.65 Å². The van der Waals surface area contributed by atoms with E-state index >= 15 is 0 Å². The molecule has 7 nitrogen and oxygen atoms in total. The van der Waals surface area contributed by atoms with Gasteiger partial charge in [-0.3, -0.25) is 15.0 Å². The third-order valence-corrected chi connectivity index (χ3v) is 4.31. The summed E-state index contributed by atoms with van der Waals surface area (Å²) in [6, 6.07) is 14.2. The average molecular weight is 380 g/mol. The molecule has 0 aliphatic carbocycles. The Morgan fingerprint density at radius 3 is 2.67 bits per heavy atom. The van der Waals surface area contributed by atoms with Gasteiger partial charge in [0.05, 0.1) is 11.9 Å². The van der Waals surface area contributed by atoms with E-state index in [1.54, 1.807) is 22.9 Å². The van der Waals surface area contributed by atoms with Gasteiger partial charge in [0.1, 0.15) is 11.7 Å².